The van der Waals surface area contributed by atoms with Crippen LogP contribution >= 0.6 is 12.6 Å². The molecule has 1 saturated heterocycles. The lowest BCUT2D eigenvalue weighted by atomic mass is 9.99. The second-order valence-electron chi connectivity index (χ2n) is 5.08. The number of likely N-dealkylation sites (tertiary alicyclic amines) is 1. The molecule has 3 heteroatoms. The summed E-state index contributed by atoms with van der Waals surface area (Å²) >= 11 is 4.39. The summed E-state index contributed by atoms with van der Waals surface area (Å²) in [4.78, 5) is 13.8. The van der Waals surface area contributed by atoms with Crippen molar-refractivity contribution < 1.29 is 4.79 Å². The van der Waals surface area contributed by atoms with Crippen molar-refractivity contribution in [3.63, 3.8) is 0 Å². The van der Waals surface area contributed by atoms with Gasteiger partial charge in [0.15, 0.2) is 0 Å². The highest BCUT2D eigenvalue weighted by Crippen LogP contribution is 2.21. The van der Waals surface area contributed by atoms with Gasteiger partial charge >= 0.3 is 0 Å². The maximum atomic E-state index is 11.8. The van der Waals surface area contributed by atoms with Gasteiger partial charge in [-0.1, -0.05) is 20.8 Å². The van der Waals surface area contributed by atoms with Crippen molar-refractivity contribution in [2.45, 2.75) is 44.8 Å². The van der Waals surface area contributed by atoms with Gasteiger partial charge in [-0.15, -0.1) is 0 Å². The molecule has 0 saturated carbocycles. The monoisotopic (exact) mass is 215 g/mol. The highest BCUT2D eigenvalue weighted by molar-refractivity contribution is 7.81. The third kappa shape index (κ3) is 3.91. The first kappa shape index (κ1) is 11.9. The first-order chi connectivity index (χ1) is 6.38. The molecule has 1 rings (SSSR count). The van der Waals surface area contributed by atoms with Crippen molar-refractivity contribution in [1.29, 1.82) is 0 Å². The Hall–Kier alpha value is -0.180. The predicted molar refractivity (Wildman–Crippen MR) is 62.7 cm³/mol. The molecule has 2 nitrogen and oxygen atoms in total. The summed E-state index contributed by atoms with van der Waals surface area (Å²) in [5.74, 6) is 0.923. The number of hydrogen-bond acceptors (Lipinski definition) is 2. The molecular weight excluding hydrogens is 194 g/mol. The molecule has 0 aromatic carbocycles. The fourth-order valence-corrected chi connectivity index (χ4v) is 2.03. The van der Waals surface area contributed by atoms with Crippen molar-refractivity contribution in [3.05, 3.63) is 0 Å². The van der Waals surface area contributed by atoms with E-state index in [1.807, 2.05) is 18.7 Å². The largest absolute Gasteiger partial charge is 0.342 e. The second-order valence-corrected chi connectivity index (χ2v) is 6.29. The van der Waals surface area contributed by atoms with Crippen LogP contribution in [0.15, 0.2) is 0 Å². The molecule has 14 heavy (non-hydrogen) atoms. The number of piperidine rings is 1. The summed E-state index contributed by atoms with van der Waals surface area (Å²) in [6.07, 6.45) is 2.96. The zero-order valence-electron chi connectivity index (χ0n) is 9.42. The third-order valence-electron chi connectivity index (χ3n) is 2.59. The van der Waals surface area contributed by atoms with Gasteiger partial charge < -0.3 is 4.90 Å². The normalized spacial score (nSPS) is 23.7. The van der Waals surface area contributed by atoms with Crippen molar-refractivity contribution in [2.75, 3.05) is 13.1 Å². The average molecular weight is 215 g/mol. The van der Waals surface area contributed by atoms with E-state index in [1.54, 1.807) is 0 Å². The van der Waals surface area contributed by atoms with Crippen molar-refractivity contribution in [2.24, 2.45) is 5.92 Å². The van der Waals surface area contributed by atoms with Crippen LogP contribution < -0.4 is 0 Å². The fourth-order valence-electron chi connectivity index (χ4n) is 1.90. The van der Waals surface area contributed by atoms with Crippen molar-refractivity contribution >= 4 is 18.5 Å². The van der Waals surface area contributed by atoms with Crippen LogP contribution in [-0.4, -0.2) is 28.6 Å². The fraction of sp³-hybridized carbons (Fsp3) is 0.909. The molecule has 1 aliphatic rings. The summed E-state index contributed by atoms with van der Waals surface area (Å²) in [7, 11) is 0. The lowest BCUT2D eigenvalue weighted by Crippen LogP contribution is -2.41. The Morgan fingerprint density at radius 2 is 2.21 bits per heavy atom. The molecule has 1 heterocycles. The molecule has 82 valence electrons. The van der Waals surface area contributed by atoms with E-state index in [2.05, 4.69) is 19.6 Å². The molecule has 1 fully saturated rings. The molecule has 1 aliphatic heterocycles. The number of rotatable bonds is 2. The van der Waals surface area contributed by atoms with Crippen LogP contribution in [-0.2, 0) is 4.79 Å². The van der Waals surface area contributed by atoms with Gasteiger partial charge in [0.25, 0.3) is 0 Å². The average Bonchev–Trinajstić information content (AvgIpc) is 2.01. The smallest absolute Gasteiger partial charge is 0.223 e. The Bertz CT molecular complexity index is 210. The summed E-state index contributed by atoms with van der Waals surface area (Å²) in [6.45, 7) is 8.06. The molecule has 1 unspecified atom stereocenters. The van der Waals surface area contributed by atoms with Crippen LogP contribution in [0.2, 0.25) is 0 Å². The Balaban J connectivity index is 2.44. The van der Waals surface area contributed by atoms with Gasteiger partial charge in [0.2, 0.25) is 5.91 Å². The maximum absolute atomic E-state index is 11.8. The summed E-state index contributed by atoms with van der Waals surface area (Å²) in [5, 5.41) is 0. The van der Waals surface area contributed by atoms with E-state index in [9.17, 15) is 4.79 Å². The number of carbonyl (C=O) groups excluding carboxylic acids is 1. The van der Waals surface area contributed by atoms with E-state index in [-0.39, 0.29) is 10.7 Å². The molecule has 0 bridgehead atoms. The van der Waals surface area contributed by atoms with E-state index < -0.39 is 0 Å². The van der Waals surface area contributed by atoms with Gasteiger partial charge in [-0.25, -0.2) is 0 Å². The first-order valence-corrected chi connectivity index (χ1v) is 5.83. The standard InChI is InChI=1S/C11H21NOS/c1-9-5-4-6-12(8-9)10(13)7-11(2,3)14/h9,14H,4-8H2,1-3H3. The molecule has 0 radical (unpaired) electrons. The van der Waals surface area contributed by atoms with E-state index in [4.69, 9.17) is 0 Å². The van der Waals surface area contributed by atoms with Crippen LogP contribution in [0, 0.1) is 5.92 Å². The Kier molecular flexibility index (Phi) is 3.87. The van der Waals surface area contributed by atoms with Gasteiger partial charge in [0.1, 0.15) is 0 Å². The van der Waals surface area contributed by atoms with Crippen LogP contribution in [0.3, 0.4) is 0 Å². The topological polar surface area (TPSA) is 20.3 Å². The van der Waals surface area contributed by atoms with Gasteiger partial charge in [0, 0.05) is 24.3 Å². The highest BCUT2D eigenvalue weighted by atomic mass is 32.1. The zero-order valence-corrected chi connectivity index (χ0v) is 10.3. The third-order valence-corrected chi connectivity index (χ3v) is 2.75. The van der Waals surface area contributed by atoms with Crippen LogP contribution in [0.1, 0.15) is 40.0 Å². The Morgan fingerprint density at radius 3 is 2.71 bits per heavy atom. The lowest BCUT2D eigenvalue weighted by molar-refractivity contribution is -0.133. The lowest BCUT2D eigenvalue weighted by Gasteiger charge is -2.32. The molecule has 0 aliphatic carbocycles. The molecule has 0 aromatic heterocycles. The van der Waals surface area contributed by atoms with Crippen molar-refractivity contribution in [3.8, 4) is 0 Å². The number of amides is 1. The van der Waals surface area contributed by atoms with Gasteiger partial charge in [-0.2, -0.15) is 12.6 Å². The van der Waals surface area contributed by atoms with Gasteiger partial charge in [0.05, 0.1) is 0 Å². The SMILES string of the molecule is CC1CCCN(C(=O)CC(C)(C)S)C1. The molecule has 0 N–H and O–H groups in total. The first-order valence-electron chi connectivity index (χ1n) is 5.38. The summed E-state index contributed by atoms with van der Waals surface area (Å²) in [5.41, 5.74) is 0. The quantitative estimate of drug-likeness (QED) is 0.701. The van der Waals surface area contributed by atoms with Gasteiger partial charge in [-0.05, 0) is 18.8 Å². The van der Waals surface area contributed by atoms with Crippen LogP contribution in [0.25, 0.3) is 0 Å². The number of carbonyl (C=O) groups is 1. The molecule has 0 spiro atoms. The predicted octanol–water partition coefficient (Wildman–Crippen LogP) is 2.34. The number of thiol groups is 1. The highest BCUT2D eigenvalue weighted by Gasteiger charge is 2.25. The van der Waals surface area contributed by atoms with E-state index in [1.165, 1.54) is 6.42 Å². The molecule has 0 aromatic rings. The minimum Gasteiger partial charge on any atom is -0.342 e. The minimum absolute atomic E-state index is 0.183. The molecule has 1 amide bonds. The summed E-state index contributed by atoms with van der Waals surface area (Å²) < 4.78 is -0.183. The molecular formula is C11H21NOS. The summed E-state index contributed by atoms with van der Waals surface area (Å²) in [6, 6.07) is 0. The Morgan fingerprint density at radius 1 is 1.57 bits per heavy atom. The van der Waals surface area contributed by atoms with Crippen LogP contribution in [0.5, 0.6) is 0 Å². The van der Waals surface area contributed by atoms with E-state index in [0.717, 1.165) is 19.5 Å². The van der Waals surface area contributed by atoms with Gasteiger partial charge in [-0.3, -0.25) is 4.79 Å². The minimum atomic E-state index is -0.183. The second kappa shape index (κ2) is 4.56. The van der Waals surface area contributed by atoms with Crippen LogP contribution in [0.4, 0.5) is 0 Å². The number of hydrogen-bond donors (Lipinski definition) is 1. The van der Waals surface area contributed by atoms with E-state index in [0.29, 0.717) is 12.3 Å². The Labute approximate surface area is 92.5 Å². The van der Waals surface area contributed by atoms with E-state index >= 15 is 0 Å². The maximum Gasteiger partial charge on any atom is 0.223 e. The molecule has 1 atom stereocenters. The van der Waals surface area contributed by atoms with Crippen molar-refractivity contribution in [1.82, 2.24) is 4.90 Å². The number of nitrogens with zero attached hydrogens (tertiary/aromatic N) is 1. The zero-order chi connectivity index (χ0) is 10.8.